The summed E-state index contributed by atoms with van der Waals surface area (Å²) in [5, 5.41) is 5.33. The highest BCUT2D eigenvalue weighted by Gasteiger charge is 2.22. The van der Waals surface area contributed by atoms with Crippen LogP contribution in [0.4, 0.5) is 5.69 Å². The molecule has 0 saturated heterocycles. The molecule has 0 fully saturated rings. The number of amides is 1. The summed E-state index contributed by atoms with van der Waals surface area (Å²) in [6.45, 7) is 0.137. The van der Waals surface area contributed by atoms with Crippen molar-refractivity contribution >= 4 is 70.5 Å². The zero-order valence-corrected chi connectivity index (χ0v) is 27.9. The summed E-state index contributed by atoms with van der Waals surface area (Å²) < 4.78 is 35.1. The lowest BCUT2D eigenvalue weighted by atomic mass is 10.0. The SMILES string of the molecule is CS(=O)(=O)N(Cc1ccccc1)c1cc(C(=O)CNC(=O)c2ccccc2CCOc2ccc3c(c2)sc2ccccc23)ccc1Cl. The number of Topliss-reactive ketones (excluding diaryl/α,β-unsaturated/α-hetero) is 1. The molecule has 6 rings (SSSR count). The second kappa shape index (κ2) is 14.0. The van der Waals surface area contributed by atoms with Crippen molar-refractivity contribution in [2.45, 2.75) is 13.0 Å². The van der Waals surface area contributed by atoms with Gasteiger partial charge in [0.2, 0.25) is 10.0 Å². The van der Waals surface area contributed by atoms with Gasteiger partial charge >= 0.3 is 0 Å². The van der Waals surface area contributed by atoms with Crippen LogP contribution in [-0.4, -0.2) is 39.5 Å². The van der Waals surface area contributed by atoms with Crippen LogP contribution < -0.4 is 14.4 Å². The number of fused-ring (bicyclic) bond motifs is 3. The summed E-state index contributed by atoms with van der Waals surface area (Å²) in [6, 6.07) is 35.2. The largest absolute Gasteiger partial charge is 0.493 e. The van der Waals surface area contributed by atoms with E-state index in [2.05, 4.69) is 23.5 Å². The van der Waals surface area contributed by atoms with Gasteiger partial charge in [0, 0.05) is 37.7 Å². The monoisotopic (exact) mass is 682 g/mol. The number of nitrogens with one attached hydrogen (secondary N) is 1. The molecule has 1 aromatic heterocycles. The Balaban J connectivity index is 1.10. The summed E-state index contributed by atoms with van der Waals surface area (Å²) in [5.74, 6) is -0.0179. The molecule has 0 radical (unpaired) electrons. The molecule has 238 valence electrons. The molecule has 47 heavy (non-hydrogen) atoms. The molecule has 0 aliphatic carbocycles. The van der Waals surface area contributed by atoms with Gasteiger partial charge < -0.3 is 10.1 Å². The van der Waals surface area contributed by atoms with Gasteiger partial charge in [-0.25, -0.2) is 8.42 Å². The van der Waals surface area contributed by atoms with E-state index in [0.29, 0.717) is 18.6 Å². The number of sulfonamides is 1. The fraction of sp³-hybridized carbons (Fsp3) is 0.135. The lowest BCUT2D eigenvalue weighted by molar-refractivity contribution is 0.0903. The quantitative estimate of drug-likeness (QED) is 0.133. The Morgan fingerprint density at radius 3 is 2.36 bits per heavy atom. The smallest absolute Gasteiger partial charge is 0.251 e. The van der Waals surface area contributed by atoms with E-state index in [4.69, 9.17) is 16.3 Å². The van der Waals surface area contributed by atoms with Crippen LogP contribution in [0.15, 0.2) is 115 Å². The van der Waals surface area contributed by atoms with Crippen LogP contribution in [0.2, 0.25) is 5.02 Å². The Hall–Kier alpha value is -4.70. The molecule has 6 aromatic rings. The van der Waals surface area contributed by atoms with Crippen LogP contribution >= 0.6 is 22.9 Å². The van der Waals surface area contributed by atoms with Gasteiger partial charge in [-0.2, -0.15) is 0 Å². The number of nitrogens with zero attached hydrogens (tertiary/aromatic N) is 1. The molecular weight excluding hydrogens is 652 g/mol. The molecule has 0 aliphatic rings. The summed E-state index contributed by atoms with van der Waals surface area (Å²) in [5.41, 5.74) is 2.42. The molecule has 0 saturated carbocycles. The van der Waals surface area contributed by atoms with Gasteiger partial charge in [0.25, 0.3) is 5.91 Å². The maximum absolute atomic E-state index is 13.2. The lowest BCUT2D eigenvalue weighted by Gasteiger charge is -2.24. The van der Waals surface area contributed by atoms with Crippen molar-refractivity contribution in [3.05, 3.63) is 143 Å². The molecule has 7 nitrogen and oxygen atoms in total. The number of anilines is 1. The number of carbonyl (C=O) groups is 2. The number of thiophene rings is 1. The van der Waals surface area contributed by atoms with E-state index < -0.39 is 15.9 Å². The topological polar surface area (TPSA) is 92.8 Å². The summed E-state index contributed by atoms with van der Waals surface area (Å²) in [7, 11) is -3.73. The highest BCUT2D eigenvalue weighted by atomic mass is 35.5. The maximum atomic E-state index is 13.2. The van der Waals surface area contributed by atoms with Crippen LogP contribution in [0.5, 0.6) is 5.75 Å². The van der Waals surface area contributed by atoms with E-state index in [-0.39, 0.29) is 35.1 Å². The van der Waals surface area contributed by atoms with E-state index in [9.17, 15) is 18.0 Å². The highest BCUT2D eigenvalue weighted by Crippen LogP contribution is 2.36. The van der Waals surface area contributed by atoms with Crippen molar-refractivity contribution in [1.29, 1.82) is 0 Å². The van der Waals surface area contributed by atoms with Crippen molar-refractivity contribution < 1.29 is 22.7 Å². The Bertz CT molecular complexity index is 2200. The number of carbonyl (C=O) groups excluding carboxylic acids is 2. The van der Waals surface area contributed by atoms with E-state index in [1.54, 1.807) is 23.5 Å². The van der Waals surface area contributed by atoms with Gasteiger partial charge in [-0.15, -0.1) is 11.3 Å². The van der Waals surface area contributed by atoms with Crippen molar-refractivity contribution in [2.24, 2.45) is 0 Å². The first kappa shape index (κ1) is 32.2. The lowest BCUT2D eigenvalue weighted by Crippen LogP contribution is -2.31. The summed E-state index contributed by atoms with van der Waals surface area (Å²) in [4.78, 5) is 26.4. The minimum Gasteiger partial charge on any atom is -0.493 e. The van der Waals surface area contributed by atoms with E-state index in [1.807, 2.05) is 66.7 Å². The van der Waals surface area contributed by atoms with Crippen molar-refractivity contribution in [1.82, 2.24) is 5.32 Å². The first-order valence-electron chi connectivity index (χ1n) is 14.9. The third kappa shape index (κ3) is 7.49. The van der Waals surface area contributed by atoms with Gasteiger partial charge in [-0.1, -0.05) is 78.3 Å². The van der Waals surface area contributed by atoms with Crippen LogP contribution in [0.3, 0.4) is 0 Å². The van der Waals surface area contributed by atoms with Crippen molar-refractivity contribution in [2.75, 3.05) is 23.7 Å². The maximum Gasteiger partial charge on any atom is 0.251 e. The molecule has 0 aliphatic heterocycles. The van der Waals surface area contributed by atoms with Gasteiger partial charge in [0.05, 0.1) is 36.7 Å². The number of halogens is 1. The van der Waals surface area contributed by atoms with Crippen LogP contribution in [-0.2, 0) is 23.0 Å². The van der Waals surface area contributed by atoms with Gasteiger partial charge in [0.15, 0.2) is 5.78 Å². The Morgan fingerprint density at radius 1 is 0.830 bits per heavy atom. The number of ether oxygens (including phenoxy) is 1. The first-order valence-corrected chi connectivity index (χ1v) is 18.0. The zero-order valence-electron chi connectivity index (χ0n) is 25.5. The molecule has 0 spiro atoms. The molecule has 1 N–H and O–H groups in total. The summed E-state index contributed by atoms with van der Waals surface area (Å²) >= 11 is 8.14. The average Bonchev–Trinajstić information content (AvgIpc) is 3.44. The molecule has 0 atom stereocenters. The molecule has 0 unspecified atom stereocenters. The Kier molecular flexibility index (Phi) is 9.58. The second-order valence-electron chi connectivity index (χ2n) is 11.0. The van der Waals surface area contributed by atoms with Crippen molar-refractivity contribution in [3.8, 4) is 5.75 Å². The summed E-state index contributed by atoms with van der Waals surface area (Å²) in [6.07, 6.45) is 1.58. The number of benzene rings is 5. The molecule has 0 bridgehead atoms. The normalized spacial score (nSPS) is 11.4. The first-order chi connectivity index (χ1) is 22.7. The molecule has 1 heterocycles. The second-order valence-corrected chi connectivity index (χ2v) is 14.4. The predicted octanol–water partition coefficient (Wildman–Crippen LogP) is 7.91. The van der Waals surface area contributed by atoms with Crippen LogP contribution in [0.1, 0.15) is 31.8 Å². The average molecular weight is 683 g/mol. The fourth-order valence-electron chi connectivity index (χ4n) is 5.40. The third-order valence-corrected chi connectivity index (χ3v) is 10.3. The van der Waals surface area contributed by atoms with Crippen LogP contribution in [0.25, 0.3) is 20.2 Å². The Labute approximate surface area is 282 Å². The standard InChI is InChI=1S/C37H31ClN2O5S2/c1-47(43,44)40(24-25-9-3-2-4-10-25)33-21-27(15-18-32(33)38)34(41)23-39-37(42)29-12-6-5-11-26(29)19-20-45-28-16-17-31-30-13-7-8-14-35(30)46-36(31)22-28/h2-18,21-22H,19-20,23-24H2,1H3,(H,39,42). The highest BCUT2D eigenvalue weighted by molar-refractivity contribution is 7.92. The van der Waals surface area contributed by atoms with E-state index >= 15 is 0 Å². The van der Waals surface area contributed by atoms with Crippen LogP contribution in [0, 0.1) is 0 Å². The van der Waals surface area contributed by atoms with Gasteiger partial charge in [0.1, 0.15) is 5.75 Å². The van der Waals surface area contributed by atoms with E-state index in [0.717, 1.165) is 27.8 Å². The van der Waals surface area contributed by atoms with E-state index in [1.165, 1.54) is 38.0 Å². The minimum absolute atomic E-state index is 0.0496. The van der Waals surface area contributed by atoms with Gasteiger partial charge in [-0.3, -0.25) is 13.9 Å². The molecule has 1 amide bonds. The molecule has 10 heteroatoms. The minimum atomic E-state index is -3.73. The van der Waals surface area contributed by atoms with Gasteiger partial charge in [-0.05, 0) is 59.7 Å². The zero-order chi connectivity index (χ0) is 33.0. The molecular formula is C37H31ClN2O5S2. The van der Waals surface area contributed by atoms with Crippen molar-refractivity contribution in [3.63, 3.8) is 0 Å². The predicted molar refractivity (Wildman–Crippen MR) is 191 cm³/mol. The molecule has 5 aromatic carbocycles. The Morgan fingerprint density at radius 2 is 1.55 bits per heavy atom. The fourth-order valence-corrected chi connectivity index (χ4v) is 7.70. The third-order valence-electron chi connectivity index (χ3n) is 7.77. The number of hydrogen-bond donors (Lipinski definition) is 1. The number of ketones is 1. The number of rotatable bonds is 12. The number of hydrogen-bond acceptors (Lipinski definition) is 6.